The second kappa shape index (κ2) is 5.35. The van der Waals surface area contributed by atoms with E-state index in [0.717, 1.165) is 6.42 Å². The summed E-state index contributed by atoms with van der Waals surface area (Å²) in [5, 5.41) is 3.14. The Labute approximate surface area is 106 Å². The lowest BCUT2D eigenvalue weighted by molar-refractivity contribution is 0.0789. The van der Waals surface area contributed by atoms with Gasteiger partial charge in [-0.25, -0.2) is 4.39 Å². The van der Waals surface area contributed by atoms with Gasteiger partial charge in [0.1, 0.15) is 0 Å². The highest BCUT2D eigenvalue weighted by Gasteiger charge is 2.26. The first-order valence-electron chi connectivity index (χ1n) is 5.95. The molecular formula is C13H17FN2O2. The number of hydrogen-bond acceptors (Lipinski definition) is 3. The number of likely N-dealkylation sites (N-methyl/N-ethyl adjacent to an activating group) is 1. The Bertz CT molecular complexity index is 451. The topological polar surface area (TPSA) is 41.6 Å². The van der Waals surface area contributed by atoms with Crippen LogP contribution in [-0.4, -0.2) is 44.1 Å². The lowest BCUT2D eigenvalue weighted by Crippen LogP contribution is -2.33. The predicted octanol–water partition coefficient (Wildman–Crippen LogP) is 1.27. The third-order valence-corrected chi connectivity index (χ3v) is 3.28. The number of rotatable bonds is 3. The van der Waals surface area contributed by atoms with Crippen LogP contribution in [0.5, 0.6) is 5.75 Å². The second-order valence-corrected chi connectivity index (χ2v) is 4.37. The Hall–Kier alpha value is -1.62. The summed E-state index contributed by atoms with van der Waals surface area (Å²) < 4.78 is 18.4. The van der Waals surface area contributed by atoms with Crippen molar-refractivity contribution in [2.24, 2.45) is 0 Å². The Morgan fingerprint density at radius 2 is 2.33 bits per heavy atom. The van der Waals surface area contributed by atoms with Gasteiger partial charge in [0.05, 0.1) is 7.11 Å². The van der Waals surface area contributed by atoms with E-state index in [1.54, 1.807) is 11.0 Å². The van der Waals surface area contributed by atoms with Gasteiger partial charge in [-0.3, -0.25) is 4.79 Å². The van der Waals surface area contributed by atoms with Gasteiger partial charge in [-0.2, -0.15) is 0 Å². The van der Waals surface area contributed by atoms with Crippen LogP contribution in [0.1, 0.15) is 16.8 Å². The van der Waals surface area contributed by atoms with Crippen LogP contribution in [0.3, 0.4) is 0 Å². The molecule has 4 nitrogen and oxygen atoms in total. The fraction of sp³-hybridized carbons (Fsp3) is 0.462. The molecule has 0 radical (unpaired) electrons. The van der Waals surface area contributed by atoms with E-state index in [2.05, 4.69) is 5.32 Å². The number of carbonyl (C=O) groups is 1. The van der Waals surface area contributed by atoms with Gasteiger partial charge < -0.3 is 15.0 Å². The molecule has 1 amide bonds. The minimum atomic E-state index is -0.507. The molecule has 0 aliphatic carbocycles. The molecule has 1 saturated heterocycles. The average molecular weight is 252 g/mol. The lowest BCUT2D eigenvalue weighted by atomic mass is 10.2. The van der Waals surface area contributed by atoms with Crippen LogP contribution >= 0.6 is 0 Å². The number of ether oxygens (including phenoxy) is 1. The quantitative estimate of drug-likeness (QED) is 0.880. The molecule has 0 saturated carbocycles. The SMILES string of the molecule is CNC1CCN(C(=O)c2ccc(OC)c(F)c2)C1. The van der Waals surface area contributed by atoms with E-state index in [1.807, 2.05) is 7.05 Å². The maximum atomic E-state index is 13.5. The largest absolute Gasteiger partial charge is 0.494 e. The van der Waals surface area contributed by atoms with E-state index >= 15 is 0 Å². The van der Waals surface area contributed by atoms with Crippen LogP contribution < -0.4 is 10.1 Å². The molecule has 1 fully saturated rings. The zero-order chi connectivity index (χ0) is 13.1. The van der Waals surface area contributed by atoms with E-state index in [4.69, 9.17) is 4.74 Å². The molecule has 1 aromatic rings. The molecule has 1 aliphatic rings. The highest BCUT2D eigenvalue weighted by atomic mass is 19.1. The van der Waals surface area contributed by atoms with Gasteiger partial charge in [0, 0.05) is 24.7 Å². The summed E-state index contributed by atoms with van der Waals surface area (Å²) in [7, 11) is 3.28. The Morgan fingerprint density at radius 3 is 2.89 bits per heavy atom. The highest BCUT2D eigenvalue weighted by Crippen LogP contribution is 2.20. The Morgan fingerprint density at radius 1 is 1.56 bits per heavy atom. The third-order valence-electron chi connectivity index (χ3n) is 3.28. The van der Waals surface area contributed by atoms with Crippen LogP contribution in [0.25, 0.3) is 0 Å². The number of nitrogens with zero attached hydrogens (tertiary/aromatic N) is 1. The molecule has 98 valence electrons. The Kier molecular flexibility index (Phi) is 3.81. The van der Waals surface area contributed by atoms with Crippen molar-refractivity contribution in [1.82, 2.24) is 10.2 Å². The lowest BCUT2D eigenvalue weighted by Gasteiger charge is -2.16. The zero-order valence-electron chi connectivity index (χ0n) is 10.6. The molecule has 1 atom stereocenters. The first-order chi connectivity index (χ1) is 8.65. The minimum Gasteiger partial charge on any atom is -0.494 e. The fourth-order valence-electron chi connectivity index (χ4n) is 2.16. The van der Waals surface area contributed by atoms with Crippen molar-refractivity contribution >= 4 is 5.91 Å². The zero-order valence-corrected chi connectivity index (χ0v) is 10.6. The molecule has 18 heavy (non-hydrogen) atoms. The summed E-state index contributed by atoms with van der Waals surface area (Å²) in [6.45, 7) is 1.38. The van der Waals surface area contributed by atoms with Crippen molar-refractivity contribution < 1.29 is 13.9 Å². The number of halogens is 1. The van der Waals surface area contributed by atoms with E-state index in [0.29, 0.717) is 24.7 Å². The van der Waals surface area contributed by atoms with Crippen molar-refractivity contribution in [1.29, 1.82) is 0 Å². The van der Waals surface area contributed by atoms with Crippen LogP contribution in [0.15, 0.2) is 18.2 Å². The number of nitrogens with one attached hydrogen (secondary N) is 1. The number of likely N-dealkylation sites (tertiary alicyclic amines) is 1. The standard InChI is InChI=1S/C13H17FN2O2/c1-15-10-5-6-16(8-10)13(17)9-3-4-12(18-2)11(14)7-9/h3-4,7,10,15H,5-6,8H2,1-2H3. The molecule has 2 rings (SSSR count). The van der Waals surface area contributed by atoms with Crippen molar-refractivity contribution in [3.05, 3.63) is 29.6 Å². The first-order valence-corrected chi connectivity index (χ1v) is 5.95. The van der Waals surface area contributed by atoms with E-state index in [9.17, 15) is 9.18 Å². The summed E-state index contributed by atoms with van der Waals surface area (Å²) in [4.78, 5) is 13.9. The molecule has 0 bridgehead atoms. The monoisotopic (exact) mass is 252 g/mol. The minimum absolute atomic E-state index is 0.130. The van der Waals surface area contributed by atoms with Gasteiger partial charge in [0.25, 0.3) is 5.91 Å². The molecule has 0 spiro atoms. The number of methoxy groups -OCH3 is 1. The van der Waals surface area contributed by atoms with Crippen molar-refractivity contribution in [3.8, 4) is 5.75 Å². The number of benzene rings is 1. The molecule has 1 unspecified atom stereocenters. The summed E-state index contributed by atoms with van der Waals surface area (Å²) in [6.07, 6.45) is 0.931. The molecule has 5 heteroatoms. The molecule has 1 aliphatic heterocycles. The molecule has 1 aromatic carbocycles. The maximum Gasteiger partial charge on any atom is 0.254 e. The summed E-state index contributed by atoms with van der Waals surface area (Å²) >= 11 is 0. The number of hydrogen-bond donors (Lipinski definition) is 1. The normalized spacial score (nSPS) is 19.1. The van der Waals surface area contributed by atoms with Crippen LogP contribution in [0, 0.1) is 5.82 Å². The van der Waals surface area contributed by atoms with Gasteiger partial charge >= 0.3 is 0 Å². The van der Waals surface area contributed by atoms with Gasteiger partial charge in [-0.1, -0.05) is 0 Å². The summed E-state index contributed by atoms with van der Waals surface area (Å²) in [6, 6.07) is 4.64. The van der Waals surface area contributed by atoms with Crippen molar-refractivity contribution in [3.63, 3.8) is 0 Å². The van der Waals surface area contributed by atoms with E-state index < -0.39 is 5.82 Å². The second-order valence-electron chi connectivity index (χ2n) is 4.37. The van der Waals surface area contributed by atoms with Crippen LogP contribution in [-0.2, 0) is 0 Å². The first kappa shape index (κ1) is 12.8. The fourth-order valence-corrected chi connectivity index (χ4v) is 2.16. The van der Waals surface area contributed by atoms with Gasteiger partial charge in [-0.05, 0) is 31.7 Å². The molecular weight excluding hydrogens is 235 g/mol. The van der Waals surface area contributed by atoms with Gasteiger partial charge in [0.2, 0.25) is 0 Å². The van der Waals surface area contributed by atoms with Crippen molar-refractivity contribution in [2.75, 3.05) is 27.2 Å². The summed E-state index contributed by atoms with van der Waals surface area (Å²) in [5.74, 6) is -0.483. The Balaban J connectivity index is 2.12. The number of carbonyl (C=O) groups excluding carboxylic acids is 1. The number of amides is 1. The van der Waals surface area contributed by atoms with Crippen LogP contribution in [0.4, 0.5) is 4.39 Å². The summed E-state index contributed by atoms with van der Waals surface area (Å²) in [5.41, 5.74) is 0.366. The van der Waals surface area contributed by atoms with Crippen molar-refractivity contribution in [2.45, 2.75) is 12.5 Å². The maximum absolute atomic E-state index is 13.5. The highest BCUT2D eigenvalue weighted by molar-refractivity contribution is 5.94. The molecule has 0 aromatic heterocycles. The van der Waals surface area contributed by atoms with Gasteiger partial charge in [0.15, 0.2) is 11.6 Å². The van der Waals surface area contributed by atoms with Crippen LogP contribution in [0.2, 0.25) is 0 Å². The van der Waals surface area contributed by atoms with Gasteiger partial charge in [-0.15, -0.1) is 0 Å². The van der Waals surface area contributed by atoms with E-state index in [-0.39, 0.29) is 11.7 Å². The predicted molar refractivity (Wildman–Crippen MR) is 66.3 cm³/mol. The molecule has 1 heterocycles. The molecule has 1 N–H and O–H groups in total. The van der Waals surface area contributed by atoms with E-state index in [1.165, 1.54) is 19.2 Å². The third kappa shape index (κ3) is 2.46. The average Bonchev–Trinajstić information content (AvgIpc) is 2.86. The smallest absolute Gasteiger partial charge is 0.254 e.